The first kappa shape index (κ1) is 86.1. The Hall–Kier alpha value is -1.92. The quantitative estimate of drug-likeness (QED) is 0.0320. The summed E-state index contributed by atoms with van der Waals surface area (Å²) < 4.78 is 5.51. The second-order valence-electron chi connectivity index (χ2n) is 27.8. The Morgan fingerprint density at radius 3 is 0.864 bits per heavy atom. The van der Waals surface area contributed by atoms with Crippen LogP contribution in [0, 0.1) is 0 Å². The monoisotopic (exact) mass is 1240 g/mol. The molecule has 0 heterocycles. The molecule has 0 aliphatic rings. The SMILES string of the molecule is CCCCCCCCCCCCCCCCCCCCCCC/C=C/C(O)C(CO)NC(=O)CCCCCCCCCCCCCCCCC/C=C\C/C=C\CCCCCCCCCCCOC(=O)CCCCCCCCCCCCCCCCCCC. The molecule has 6 heteroatoms. The lowest BCUT2D eigenvalue weighted by atomic mass is 10.0. The number of hydrogen-bond acceptors (Lipinski definition) is 5. The third-order valence-electron chi connectivity index (χ3n) is 18.9. The van der Waals surface area contributed by atoms with Crippen LogP contribution in [0.2, 0.25) is 0 Å². The lowest BCUT2D eigenvalue weighted by Gasteiger charge is -2.20. The van der Waals surface area contributed by atoms with Crippen molar-refractivity contribution in [2.75, 3.05) is 13.2 Å². The maximum atomic E-state index is 12.6. The number of hydrogen-bond donors (Lipinski definition) is 3. The van der Waals surface area contributed by atoms with E-state index in [1.807, 2.05) is 6.08 Å². The van der Waals surface area contributed by atoms with Gasteiger partial charge in [-0.2, -0.15) is 0 Å². The molecule has 0 fully saturated rings. The lowest BCUT2D eigenvalue weighted by molar-refractivity contribution is -0.143. The van der Waals surface area contributed by atoms with Gasteiger partial charge in [0.2, 0.25) is 5.91 Å². The molecule has 0 aliphatic heterocycles. The minimum atomic E-state index is -0.846. The molecule has 2 unspecified atom stereocenters. The summed E-state index contributed by atoms with van der Waals surface area (Å²) in [6.45, 7) is 4.96. The zero-order chi connectivity index (χ0) is 63.5. The molecule has 0 aromatic carbocycles. The van der Waals surface area contributed by atoms with Crippen molar-refractivity contribution >= 4 is 11.9 Å². The Bertz CT molecular complexity index is 1430. The Kier molecular flexibility index (Phi) is 75.8. The van der Waals surface area contributed by atoms with Crippen molar-refractivity contribution in [2.24, 2.45) is 0 Å². The fourth-order valence-corrected chi connectivity index (χ4v) is 12.8. The van der Waals surface area contributed by atoms with E-state index in [0.717, 1.165) is 44.9 Å². The van der Waals surface area contributed by atoms with E-state index in [2.05, 4.69) is 43.5 Å². The number of esters is 1. The molecule has 520 valence electrons. The first-order valence-corrected chi connectivity index (χ1v) is 40.3. The van der Waals surface area contributed by atoms with Crippen LogP contribution in [0.4, 0.5) is 0 Å². The van der Waals surface area contributed by atoms with Crippen LogP contribution in [0.15, 0.2) is 36.5 Å². The van der Waals surface area contributed by atoms with E-state index < -0.39 is 12.1 Å². The maximum Gasteiger partial charge on any atom is 0.305 e. The van der Waals surface area contributed by atoms with E-state index in [1.54, 1.807) is 6.08 Å². The van der Waals surface area contributed by atoms with E-state index in [-0.39, 0.29) is 18.5 Å². The van der Waals surface area contributed by atoms with Gasteiger partial charge in [-0.3, -0.25) is 9.59 Å². The largest absolute Gasteiger partial charge is 0.466 e. The minimum Gasteiger partial charge on any atom is -0.466 e. The van der Waals surface area contributed by atoms with Gasteiger partial charge in [-0.05, 0) is 64.2 Å². The summed E-state index contributed by atoms with van der Waals surface area (Å²) in [6, 6.07) is -0.629. The van der Waals surface area contributed by atoms with E-state index in [9.17, 15) is 19.8 Å². The van der Waals surface area contributed by atoms with Gasteiger partial charge in [-0.25, -0.2) is 0 Å². The summed E-state index contributed by atoms with van der Waals surface area (Å²) >= 11 is 0. The van der Waals surface area contributed by atoms with Crippen molar-refractivity contribution in [3.63, 3.8) is 0 Å². The van der Waals surface area contributed by atoms with E-state index >= 15 is 0 Å². The van der Waals surface area contributed by atoms with Crippen LogP contribution in [-0.4, -0.2) is 47.4 Å². The number of aliphatic hydroxyl groups is 2. The number of ether oxygens (including phenoxy) is 1. The number of carbonyl (C=O) groups is 2. The van der Waals surface area contributed by atoms with Crippen molar-refractivity contribution in [3.05, 3.63) is 36.5 Å². The lowest BCUT2D eigenvalue weighted by Crippen LogP contribution is -2.45. The molecule has 0 aromatic rings. The Balaban J connectivity index is 3.40. The van der Waals surface area contributed by atoms with Crippen molar-refractivity contribution in [1.29, 1.82) is 0 Å². The first-order chi connectivity index (χ1) is 43.5. The molecular formula is C82H157NO5. The summed E-state index contributed by atoms with van der Waals surface area (Å²) in [4.78, 5) is 24.7. The third-order valence-corrected chi connectivity index (χ3v) is 18.9. The van der Waals surface area contributed by atoms with Gasteiger partial charge in [0.1, 0.15) is 0 Å². The number of rotatable bonds is 76. The summed E-state index contributed by atoms with van der Waals surface area (Å²) in [6.07, 6.45) is 101. The molecular weight excluding hydrogens is 1080 g/mol. The highest BCUT2D eigenvalue weighted by atomic mass is 16.5. The molecule has 2 atom stereocenters. The number of carbonyl (C=O) groups excluding carboxylic acids is 2. The van der Waals surface area contributed by atoms with Gasteiger partial charge in [0.15, 0.2) is 0 Å². The normalized spacial score (nSPS) is 12.6. The second-order valence-corrected chi connectivity index (χ2v) is 27.8. The molecule has 3 N–H and O–H groups in total. The molecule has 1 amide bonds. The van der Waals surface area contributed by atoms with Gasteiger partial charge in [0, 0.05) is 12.8 Å². The molecule has 0 aliphatic carbocycles. The van der Waals surface area contributed by atoms with Crippen molar-refractivity contribution in [3.8, 4) is 0 Å². The molecule has 0 aromatic heterocycles. The maximum absolute atomic E-state index is 12.6. The van der Waals surface area contributed by atoms with Crippen LogP contribution in [0.1, 0.15) is 450 Å². The first-order valence-electron chi connectivity index (χ1n) is 40.3. The molecule has 88 heavy (non-hydrogen) atoms. The van der Waals surface area contributed by atoms with Crippen LogP contribution in [-0.2, 0) is 14.3 Å². The highest BCUT2D eigenvalue weighted by Crippen LogP contribution is 2.20. The van der Waals surface area contributed by atoms with Crippen molar-refractivity contribution in [2.45, 2.75) is 463 Å². The van der Waals surface area contributed by atoms with Gasteiger partial charge >= 0.3 is 5.97 Å². The highest BCUT2D eigenvalue weighted by Gasteiger charge is 2.18. The number of aliphatic hydroxyl groups excluding tert-OH is 2. The Labute approximate surface area is 551 Å². The molecule has 0 spiro atoms. The van der Waals surface area contributed by atoms with Crippen LogP contribution < -0.4 is 5.32 Å². The molecule has 0 saturated carbocycles. The fourth-order valence-electron chi connectivity index (χ4n) is 12.8. The van der Waals surface area contributed by atoms with Gasteiger partial charge < -0.3 is 20.3 Å². The molecule has 0 saturated heterocycles. The van der Waals surface area contributed by atoms with Crippen LogP contribution in [0.5, 0.6) is 0 Å². The van der Waals surface area contributed by atoms with Gasteiger partial charge in [-0.15, -0.1) is 0 Å². The van der Waals surface area contributed by atoms with Crippen LogP contribution >= 0.6 is 0 Å². The van der Waals surface area contributed by atoms with Gasteiger partial charge in [0.25, 0.3) is 0 Å². The van der Waals surface area contributed by atoms with E-state index in [0.29, 0.717) is 19.4 Å². The zero-order valence-corrected chi connectivity index (χ0v) is 59.7. The van der Waals surface area contributed by atoms with Crippen molar-refractivity contribution < 1.29 is 24.5 Å². The Morgan fingerprint density at radius 1 is 0.318 bits per heavy atom. The highest BCUT2D eigenvalue weighted by molar-refractivity contribution is 5.76. The van der Waals surface area contributed by atoms with Crippen LogP contribution in [0.3, 0.4) is 0 Å². The third kappa shape index (κ3) is 73.1. The fraction of sp³-hybridized carbons (Fsp3) is 0.902. The summed E-state index contributed by atoms with van der Waals surface area (Å²) in [5.74, 6) is -0.0448. The smallest absolute Gasteiger partial charge is 0.305 e. The van der Waals surface area contributed by atoms with E-state index in [1.165, 1.54) is 379 Å². The number of nitrogens with one attached hydrogen (secondary N) is 1. The molecule has 0 rings (SSSR count). The molecule has 0 bridgehead atoms. The average Bonchev–Trinajstić information content (AvgIpc) is 3.57. The standard InChI is InChI=1S/C82H157NO5/c1-3-5-7-9-11-13-15-17-19-21-22-23-33-36-39-43-46-50-54-58-62-66-70-74-80(85)79(78-84)83-81(86)75-71-67-63-59-55-51-47-44-40-37-34-31-29-27-25-24-26-28-30-32-35-38-41-45-49-53-57-61-65-69-73-77-88-82(87)76-72-68-64-60-56-52-48-42-20-18-16-14-12-10-8-6-4-2/h26,28,32,35,70,74,79-80,84-85H,3-25,27,29-31,33-34,36-69,71-73,75-78H2,1-2H3,(H,83,86)/b28-26-,35-32-,74-70+. The summed E-state index contributed by atoms with van der Waals surface area (Å²) in [5, 5.41) is 23.3. The van der Waals surface area contributed by atoms with Crippen LogP contribution in [0.25, 0.3) is 0 Å². The average molecular weight is 1240 g/mol. The Morgan fingerprint density at radius 2 is 0.568 bits per heavy atom. The predicted octanol–water partition coefficient (Wildman–Crippen LogP) is 26.6. The number of unbranched alkanes of at least 4 members (excludes halogenated alkanes) is 61. The number of allylic oxidation sites excluding steroid dienone is 5. The summed E-state index contributed by atoms with van der Waals surface area (Å²) in [5.41, 5.74) is 0. The zero-order valence-electron chi connectivity index (χ0n) is 59.7. The molecule has 6 nitrogen and oxygen atoms in total. The van der Waals surface area contributed by atoms with Gasteiger partial charge in [0.05, 0.1) is 25.4 Å². The predicted molar refractivity (Wildman–Crippen MR) is 389 cm³/mol. The molecule has 0 radical (unpaired) electrons. The minimum absolute atomic E-state index is 0.0177. The summed E-state index contributed by atoms with van der Waals surface area (Å²) in [7, 11) is 0. The number of amides is 1. The van der Waals surface area contributed by atoms with E-state index in [4.69, 9.17) is 4.74 Å². The van der Waals surface area contributed by atoms with Crippen molar-refractivity contribution in [1.82, 2.24) is 5.32 Å². The van der Waals surface area contributed by atoms with Gasteiger partial charge in [-0.1, -0.05) is 410 Å². The second kappa shape index (κ2) is 77.5. The topological polar surface area (TPSA) is 95.9 Å².